The SMILES string of the molecule is COc1ccc(CCN(C)c2ccc(S(=O)(=O)N(C(C)C)C(C)C)cn2)cc1OC. The molecule has 0 unspecified atom stereocenters. The number of likely N-dealkylation sites (N-methyl/N-ethyl adjacent to an activating group) is 1. The molecule has 8 heteroatoms. The van der Waals surface area contributed by atoms with Crippen molar-refractivity contribution in [1.29, 1.82) is 0 Å². The molecule has 0 spiro atoms. The van der Waals surface area contributed by atoms with Gasteiger partial charge in [-0.25, -0.2) is 13.4 Å². The number of rotatable bonds is 10. The summed E-state index contributed by atoms with van der Waals surface area (Å²) in [7, 11) is 1.58. The van der Waals surface area contributed by atoms with Crippen LogP contribution >= 0.6 is 0 Å². The molecule has 1 heterocycles. The summed E-state index contributed by atoms with van der Waals surface area (Å²) in [6, 6.07) is 8.98. The average molecular weight is 436 g/mol. The van der Waals surface area contributed by atoms with Crippen LogP contribution in [0.4, 0.5) is 5.82 Å². The first-order valence-electron chi connectivity index (χ1n) is 10.0. The van der Waals surface area contributed by atoms with Crippen LogP contribution in [0.3, 0.4) is 0 Å². The Balaban J connectivity index is 2.11. The molecule has 0 fully saturated rings. The van der Waals surface area contributed by atoms with Gasteiger partial charge in [0.1, 0.15) is 10.7 Å². The molecule has 166 valence electrons. The average Bonchev–Trinajstić information content (AvgIpc) is 2.70. The van der Waals surface area contributed by atoms with Crippen LogP contribution in [0.5, 0.6) is 11.5 Å². The Bertz CT molecular complexity index is 920. The van der Waals surface area contributed by atoms with E-state index in [4.69, 9.17) is 9.47 Å². The third-order valence-corrected chi connectivity index (χ3v) is 7.12. The summed E-state index contributed by atoms with van der Waals surface area (Å²) in [6.07, 6.45) is 2.22. The molecule has 0 aliphatic rings. The zero-order valence-electron chi connectivity index (χ0n) is 18.9. The Morgan fingerprint density at radius 3 is 2.10 bits per heavy atom. The number of nitrogens with zero attached hydrogens (tertiary/aromatic N) is 3. The van der Waals surface area contributed by atoms with E-state index in [2.05, 4.69) is 4.98 Å². The molecule has 2 rings (SSSR count). The number of aromatic nitrogens is 1. The smallest absolute Gasteiger partial charge is 0.245 e. The minimum atomic E-state index is -3.59. The first-order valence-corrected chi connectivity index (χ1v) is 11.5. The van der Waals surface area contributed by atoms with Crippen LogP contribution in [0.25, 0.3) is 0 Å². The number of benzene rings is 1. The lowest BCUT2D eigenvalue weighted by atomic mass is 10.1. The Morgan fingerprint density at radius 2 is 1.60 bits per heavy atom. The Labute approximate surface area is 180 Å². The molecule has 30 heavy (non-hydrogen) atoms. The summed E-state index contributed by atoms with van der Waals surface area (Å²) >= 11 is 0. The van der Waals surface area contributed by atoms with E-state index in [0.717, 1.165) is 24.3 Å². The fourth-order valence-corrected chi connectivity index (χ4v) is 5.25. The van der Waals surface area contributed by atoms with Gasteiger partial charge in [0.15, 0.2) is 11.5 Å². The van der Waals surface area contributed by atoms with Crippen molar-refractivity contribution < 1.29 is 17.9 Å². The third kappa shape index (κ3) is 5.43. The number of anilines is 1. The maximum Gasteiger partial charge on any atom is 0.245 e. The van der Waals surface area contributed by atoms with Gasteiger partial charge in [0.05, 0.1) is 14.2 Å². The molecule has 0 saturated heterocycles. The Hall–Kier alpha value is -2.32. The number of ether oxygens (including phenoxy) is 2. The van der Waals surface area contributed by atoms with Crippen molar-refractivity contribution in [2.24, 2.45) is 0 Å². The number of hydrogen-bond donors (Lipinski definition) is 0. The standard InChI is InChI=1S/C22H33N3O4S/c1-16(2)25(17(3)4)30(26,27)19-9-11-22(23-15-19)24(5)13-12-18-8-10-20(28-6)21(14-18)29-7/h8-11,14-17H,12-13H2,1-7H3. The monoisotopic (exact) mass is 435 g/mol. The van der Waals surface area contributed by atoms with Gasteiger partial charge in [-0.3, -0.25) is 0 Å². The van der Waals surface area contributed by atoms with Crippen molar-refractivity contribution in [3.8, 4) is 11.5 Å². The molecular formula is C22H33N3O4S. The van der Waals surface area contributed by atoms with Crippen molar-refractivity contribution in [2.45, 2.75) is 51.1 Å². The summed E-state index contributed by atoms with van der Waals surface area (Å²) in [6.45, 7) is 8.23. The maximum absolute atomic E-state index is 13.0. The van der Waals surface area contributed by atoms with Crippen LogP contribution in [-0.4, -0.2) is 57.6 Å². The van der Waals surface area contributed by atoms with Gasteiger partial charge in [-0.05, 0) is 63.9 Å². The lowest BCUT2D eigenvalue weighted by Crippen LogP contribution is -2.41. The van der Waals surface area contributed by atoms with E-state index in [9.17, 15) is 8.42 Å². The molecule has 0 radical (unpaired) electrons. The number of methoxy groups -OCH3 is 2. The fraction of sp³-hybridized carbons (Fsp3) is 0.500. The fourth-order valence-electron chi connectivity index (χ4n) is 3.47. The number of sulfonamides is 1. The van der Waals surface area contributed by atoms with Crippen molar-refractivity contribution in [2.75, 3.05) is 32.7 Å². The number of pyridine rings is 1. The van der Waals surface area contributed by atoms with E-state index < -0.39 is 10.0 Å². The van der Waals surface area contributed by atoms with E-state index in [0.29, 0.717) is 11.5 Å². The summed E-state index contributed by atoms with van der Waals surface area (Å²) in [5.41, 5.74) is 1.11. The van der Waals surface area contributed by atoms with Gasteiger partial charge in [0.2, 0.25) is 10.0 Å². The molecule has 0 N–H and O–H groups in total. The zero-order chi connectivity index (χ0) is 22.5. The molecule has 0 aliphatic heterocycles. The van der Waals surface area contributed by atoms with Gasteiger partial charge in [0.25, 0.3) is 0 Å². The summed E-state index contributed by atoms with van der Waals surface area (Å²) < 4.78 is 38.1. The van der Waals surface area contributed by atoms with E-state index in [1.54, 1.807) is 26.4 Å². The van der Waals surface area contributed by atoms with Crippen LogP contribution in [0.15, 0.2) is 41.4 Å². The lowest BCUT2D eigenvalue weighted by Gasteiger charge is -2.29. The minimum absolute atomic E-state index is 0.126. The second kappa shape index (κ2) is 10.1. The second-order valence-electron chi connectivity index (χ2n) is 7.74. The molecule has 0 aliphatic carbocycles. The van der Waals surface area contributed by atoms with Crippen molar-refractivity contribution >= 4 is 15.8 Å². The highest BCUT2D eigenvalue weighted by atomic mass is 32.2. The van der Waals surface area contributed by atoms with Gasteiger partial charge in [-0.15, -0.1) is 0 Å². The van der Waals surface area contributed by atoms with Crippen LogP contribution in [0.2, 0.25) is 0 Å². The van der Waals surface area contributed by atoms with Gasteiger partial charge in [-0.1, -0.05) is 6.07 Å². The summed E-state index contributed by atoms with van der Waals surface area (Å²) in [4.78, 5) is 6.60. The molecule has 0 bridgehead atoms. The largest absolute Gasteiger partial charge is 0.493 e. The van der Waals surface area contributed by atoms with E-state index in [-0.39, 0.29) is 17.0 Å². The van der Waals surface area contributed by atoms with Gasteiger partial charge in [0, 0.05) is 31.9 Å². The Morgan fingerprint density at radius 1 is 0.967 bits per heavy atom. The van der Waals surface area contributed by atoms with Crippen LogP contribution in [0, 0.1) is 0 Å². The quantitative estimate of drug-likeness (QED) is 0.568. The third-order valence-electron chi connectivity index (χ3n) is 4.89. The Kier molecular flexibility index (Phi) is 8.09. The van der Waals surface area contributed by atoms with E-state index in [1.807, 2.05) is 57.8 Å². The summed E-state index contributed by atoms with van der Waals surface area (Å²) in [5, 5.41) is 0. The molecule has 0 saturated carbocycles. The van der Waals surface area contributed by atoms with Crippen LogP contribution < -0.4 is 14.4 Å². The molecule has 7 nitrogen and oxygen atoms in total. The summed E-state index contributed by atoms with van der Waals surface area (Å²) in [5.74, 6) is 2.12. The van der Waals surface area contributed by atoms with E-state index in [1.165, 1.54) is 10.5 Å². The first kappa shape index (κ1) is 24.0. The molecule has 1 aromatic heterocycles. The van der Waals surface area contributed by atoms with E-state index >= 15 is 0 Å². The second-order valence-corrected chi connectivity index (χ2v) is 9.58. The van der Waals surface area contributed by atoms with Crippen molar-refractivity contribution in [3.63, 3.8) is 0 Å². The molecule has 0 amide bonds. The van der Waals surface area contributed by atoms with Gasteiger partial charge in [-0.2, -0.15) is 4.31 Å². The zero-order valence-corrected chi connectivity index (χ0v) is 19.7. The molecule has 2 aromatic rings. The highest BCUT2D eigenvalue weighted by molar-refractivity contribution is 7.89. The highest BCUT2D eigenvalue weighted by Gasteiger charge is 2.29. The van der Waals surface area contributed by atoms with Crippen molar-refractivity contribution in [1.82, 2.24) is 9.29 Å². The normalized spacial score (nSPS) is 11.9. The topological polar surface area (TPSA) is 72.0 Å². The maximum atomic E-state index is 13.0. The molecule has 0 atom stereocenters. The highest BCUT2D eigenvalue weighted by Crippen LogP contribution is 2.28. The van der Waals surface area contributed by atoms with Gasteiger partial charge >= 0.3 is 0 Å². The predicted molar refractivity (Wildman–Crippen MR) is 120 cm³/mol. The van der Waals surface area contributed by atoms with Crippen LogP contribution in [0.1, 0.15) is 33.3 Å². The number of hydrogen-bond acceptors (Lipinski definition) is 6. The molecular weight excluding hydrogens is 402 g/mol. The molecule has 1 aromatic carbocycles. The predicted octanol–water partition coefficient (Wildman–Crippen LogP) is 3.59. The van der Waals surface area contributed by atoms with Crippen molar-refractivity contribution in [3.05, 3.63) is 42.1 Å². The van der Waals surface area contributed by atoms with Crippen LogP contribution in [-0.2, 0) is 16.4 Å². The lowest BCUT2D eigenvalue weighted by molar-refractivity contribution is 0.302. The first-order chi connectivity index (χ1) is 14.1. The minimum Gasteiger partial charge on any atom is -0.493 e. The van der Waals surface area contributed by atoms with Gasteiger partial charge < -0.3 is 14.4 Å².